The van der Waals surface area contributed by atoms with Gasteiger partial charge in [0.15, 0.2) is 0 Å². The molecule has 1 aromatic rings. The van der Waals surface area contributed by atoms with Gasteiger partial charge in [-0.1, -0.05) is 13.3 Å². The van der Waals surface area contributed by atoms with Crippen molar-refractivity contribution in [2.24, 2.45) is 0 Å². The number of aryl methyl sites for hydroxylation is 1. The Morgan fingerprint density at radius 2 is 2.20 bits per heavy atom. The van der Waals surface area contributed by atoms with Crippen LogP contribution in [0.15, 0.2) is 12.1 Å². The average Bonchev–Trinajstić information content (AvgIpc) is 2.17. The minimum absolute atomic E-state index is 0.173. The van der Waals surface area contributed by atoms with E-state index in [4.69, 9.17) is 4.74 Å². The number of phenolic OH excluding ortho intramolecular Hbond substituents is 1. The first kappa shape index (κ1) is 10.0. The van der Waals surface area contributed by atoms with E-state index < -0.39 is 0 Å². The number of hydrogen-bond acceptors (Lipinski definition) is 3. The molecule has 3 nitrogen and oxygen atoms in total. The quantitative estimate of drug-likeness (QED) is 0.596. The van der Waals surface area contributed by atoms with Crippen molar-refractivity contribution < 1.29 is 14.6 Å². The molecule has 0 saturated carbocycles. The van der Waals surface area contributed by atoms with Gasteiger partial charge in [0.1, 0.15) is 11.5 Å². The first-order valence-electron chi connectivity index (χ1n) is 5.26. The average molecular weight is 206 g/mol. The van der Waals surface area contributed by atoms with E-state index in [9.17, 15) is 9.90 Å². The summed E-state index contributed by atoms with van der Waals surface area (Å²) in [5, 5.41) is 9.49. The zero-order valence-corrected chi connectivity index (χ0v) is 8.75. The number of carbonyl (C=O) groups is 1. The highest BCUT2D eigenvalue weighted by Crippen LogP contribution is 2.33. The Labute approximate surface area is 88.7 Å². The lowest BCUT2D eigenvalue weighted by atomic mass is 9.96. The summed E-state index contributed by atoms with van der Waals surface area (Å²) in [5.74, 6) is 0.497. The lowest BCUT2D eigenvalue weighted by Gasteiger charge is -2.19. The lowest BCUT2D eigenvalue weighted by molar-refractivity contribution is -0.135. The van der Waals surface area contributed by atoms with Crippen molar-refractivity contribution in [3.05, 3.63) is 23.3 Å². The molecule has 1 aliphatic heterocycles. The molecule has 0 aliphatic carbocycles. The minimum atomic E-state index is -0.212. The summed E-state index contributed by atoms with van der Waals surface area (Å²) in [5.41, 5.74) is 2.18. The molecule has 2 rings (SSSR count). The molecule has 1 N–H and O–H groups in total. The molecule has 0 fully saturated rings. The van der Waals surface area contributed by atoms with Crippen molar-refractivity contribution >= 4 is 5.97 Å². The second-order valence-electron chi connectivity index (χ2n) is 3.81. The topological polar surface area (TPSA) is 46.5 Å². The predicted octanol–water partition coefficient (Wildman–Crippen LogP) is 2.20. The number of ether oxygens (including phenoxy) is 1. The van der Waals surface area contributed by atoms with E-state index in [1.165, 1.54) is 6.07 Å². The summed E-state index contributed by atoms with van der Waals surface area (Å²) in [6, 6.07) is 3.28. The van der Waals surface area contributed by atoms with Crippen LogP contribution in [0.5, 0.6) is 11.5 Å². The minimum Gasteiger partial charge on any atom is -0.508 e. The van der Waals surface area contributed by atoms with Crippen molar-refractivity contribution in [1.82, 2.24) is 0 Å². The molecule has 0 amide bonds. The van der Waals surface area contributed by atoms with Crippen LogP contribution in [0.3, 0.4) is 0 Å². The van der Waals surface area contributed by atoms with Gasteiger partial charge in [-0.2, -0.15) is 0 Å². The molecule has 0 bridgehead atoms. The monoisotopic (exact) mass is 206 g/mol. The summed E-state index contributed by atoms with van der Waals surface area (Å²) in [7, 11) is 0. The summed E-state index contributed by atoms with van der Waals surface area (Å²) >= 11 is 0. The molecule has 1 aromatic carbocycles. The molecule has 0 atom stereocenters. The Kier molecular flexibility index (Phi) is 2.62. The van der Waals surface area contributed by atoms with E-state index in [1.54, 1.807) is 6.07 Å². The highest BCUT2D eigenvalue weighted by molar-refractivity contribution is 5.76. The van der Waals surface area contributed by atoms with Gasteiger partial charge >= 0.3 is 5.97 Å². The van der Waals surface area contributed by atoms with Crippen LogP contribution in [-0.2, 0) is 17.6 Å². The van der Waals surface area contributed by atoms with Gasteiger partial charge in [0.2, 0.25) is 0 Å². The van der Waals surface area contributed by atoms with Crippen molar-refractivity contribution in [3.8, 4) is 11.5 Å². The van der Waals surface area contributed by atoms with E-state index >= 15 is 0 Å². The molecule has 0 aromatic heterocycles. The van der Waals surface area contributed by atoms with Gasteiger partial charge < -0.3 is 9.84 Å². The summed E-state index contributed by atoms with van der Waals surface area (Å²) in [4.78, 5) is 11.1. The zero-order chi connectivity index (χ0) is 10.8. The highest BCUT2D eigenvalue weighted by Gasteiger charge is 2.20. The van der Waals surface area contributed by atoms with E-state index in [1.807, 2.05) is 0 Å². The standard InChI is InChI=1S/C12H14O3/c1-2-3-8-6-9(13)7-11-10(8)4-5-12(14)15-11/h6-7,13H,2-5H2,1H3. The number of aromatic hydroxyl groups is 1. The van der Waals surface area contributed by atoms with Crippen LogP contribution in [0, 0.1) is 0 Å². The molecule has 1 heterocycles. The Bertz CT molecular complexity index is 396. The highest BCUT2D eigenvalue weighted by atomic mass is 16.5. The second-order valence-corrected chi connectivity index (χ2v) is 3.81. The van der Waals surface area contributed by atoms with Crippen LogP contribution < -0.4 is 4.74 Å². The van der Waals surface area contributed by atoms with Gasteiger partial charge in [-0.3, -0.25) is 4.79 Å². The third-order valence-corrected chi connectivity index (χ3v) is 2.61. The summed E-state index contributed by atoms with van der Waals surface area (Å²) < 4.78 is 5.10. The van der Waals surface area contributed by atoms with Gasteiger partial charge in [-0.25, -0.2) is 0 Å². The number of rotatable bonds is 2. The van der Waals surface area contributed by atoms with Crippen LogP contribution in [0.25, 0.3) is 0 Å². The molecule has 15 heavy (non-hydrogen) atoms. The SMILES string of the molecule is CCCc1cc(O)cc2c1CCC(=O)O2. The van der Waals surface area contributed by atoms with Crippen molar-refractivity contribution in [1.29, 1.82) is 0 Å². The van der Waals surface area contributed by atoms with Crippen LogP contribution in [0.2, 0.25) is 0 Å². The zero-order valence-electron chi connectivity index (χ0n) is 8.75. The van der Waals surface area contributed by atoms with Crippen LogP contribution >= 0.6 is 0 Å². The first-order chi connectivity index (χ1) is 7.20. The molecular weight excluding hydrogens is 192 g/mol. The van der Waals surface area contributed by atoms with E-state index in [0.29, 0.717) is 12.2 Å². The fourth-order valence-electron chi connectivity index (χ4n) is 1.95. The van der Waals surface area contributed by atoms with Crippen LogP contribution in [0.1, 0.15) is 30.9 Å². The van der Waals surface area contributed by atoms with Crippen LogP contribution in [0.4, 0.5) is 0 Å². The molecule has 1 aliphatic rings. The van der Waals surface area contributed by atoms with Gasteiger partial charge in [0, 0.05) is 6.07 Å². The smallest absolute Gasteiger partial charge is 0.311 e. The van der Waals surface area contributed by atoms with Crippen molar-refractivity contribution in [2.45, 2.75) is 32.6 Å². The van der Waals surface area contributed by atoms with E-state index in [-0.39, 0.29) is 11.7 Å². The number of hydrogen-bond donors (Lipinski definition) is 1. The van der Waals surface area contributed by atoms with E-state index in [0.717, 1.165) is 30.4 Å². The number of esters is 1. The van der Waals surface area contributed by atoms with Gasteiger partial charge in [0.25, 0.3) is 0 Å². The fraction of sp³-hybridized carbons (Fsp3) is 0.417. The Morgan fingerprint density at radius 1 is 1.40 bits per heavy atom. The number of fused-ring (bicyclic) bond motifs is 1. The molecule has 0 unspecified atom stereocenters. The largest absolute Gasteiger partial charge is 0.508 e. The maximum Gasteiger partial charge on any atom is 0.311 e. The van der Waals surface area contributed by atoms with Gasteiger partial charge in [-0.05, 0) is 30.0 Å². The number of benzene rings is 1. The Hall–Kier alpha value is -1.51. The predicted molar refractivity (Wildman–Crippen MR) is 56.1 cm³/mol. The number of phenols is 1. The summed E-state index contributed by atoms with van der Waals surface area (Å²) in [6.45, 7) is 2.09. The van der Waals surface area contributed by atoms with Gasteiger partial charge in [-0.15, -0.1) is 0 Å². The molecular formula is C12H14O3. The second kappa shape index (κ2) is 3.93. The molecule has 3 heteroatoms. The lowest BCUT2D eigenvalue weighted by Crippen LogP contribution is -2.17. The maximum absolute atomic E-state index is 11.1. The molecule has 0 saturated heterocycles. The van der Waals surface area contributed by atoms with Crippen LogP contribution in [-0.4, -0.2) is 11.1 Å². The molecule has 0 radical (unpaired) electrons. The Balaban J connectivity index is 2.44. The number of carbonyl (C=O) groups excluding carboxylic acids is 1. The fourth-order valence-corrected chi connectivity index (χ4v) is 1.95. The first-order valence-corrected chi connectivity index (χ1v) is 5.26. The van der Waals surface area contributed by atoms with Crippen molar-refractivity contribution in [2.75, 3.05) is 0 Å². The Morgan fingerprint density at radius 3 is 2.93 bits per heavy atom. The third-order valence-electron chi connectivity index (χ3n) is 2.61. The third kappa shape index (κ3) is 1.96. The molecule has 0 spiro atoms. The molecule has 80 valence electrons. The van der Waals surface area contributed by atoms with Crippen molar-refractivity contribution in [3.63, 3.8) is 0 Å². The summed E-state index contributed by atoms with van der Waals surface area (Å²) in [6.07, 6.45) is 3.09. The van der Waals surface area contributed by atoms with Gasteiger partial charge in [0.05, 0.1) is 6.42 Å². The maximum atomic E-state index is 11.1. The normalized spacial score (nSPS) is 14.6. The van der Waals surface area contributed by atoms with E-state index in [2.05, 4.69) is 6.92 Å².